The Hall–Kier alpha value is -3.45. The number of aromatic nitrogens is 1. The number of hydrogen-bond acceptors (Lipinski definition) is 5. The highest BCUT2D eigenvalue weighted by Gasteiger charge is 2.09. The van der Waals surface area contributed by atoms with Gasteiger partial charge in [0.25, 0.3) is 0 Å². The first-order chi connectivity index (χ1) is 13.2. The number of benzene rings is 3. The molecule has 0 aliphatic heterocycles. The molecule has 2 amide bonds. The molecular formula is C20H16N4O2S. The highest BCUT2D eigenvalue weighted by Crippen LogP contribution is 2.31. The summed E-state index contributed by atoms with van der Waals surface area (Å²) in [7, 11) is 1.61. The van der Waals surface area contributed by atoms with Crippen LogP contribution in [-0.4, -0.2) is 24.3 Å². The van der Waals surface area contributed by atoms with Crippen LogP contribution in [0.5, 0.6) is 5.75 Å². The van der Waals surface area contributed by atoms with Crippen LogP contribution in [0.1, 0.15) is 5.56 Å². The number of urea groups is 1. The monoisotopic (exact) mass is 376 g/mol. The van der Waals surface area contributed by atoms with Gasteiger partial charge in [0.1, 0.15) is 5.75 Å². The molecule has 0 spiro atoms. The molecule has 0 atom stereocenters. The minimum absolute atomic E-state index is 0.442. The third-order valence-corrected chi connectivity index (χ3v) is 4.94. The number of rotatable bonds is 4. The summed E-state index contributed by atoms with van der Waals surface area (Å²) in [6.45, 7) is 0. The van der Waals surface area contributed by atoms with Crippen molar-refractivity contribution in [3.05, 3.63) is 66.2 Å². The Morgan fingerprint density at radius 3 is 2.74 bits per heavy atom. The summed E-state index contributed by atoms with van der Waals surface area (Å²) >= 11 is 1.43. The van der Waals surface area contributed by atoms with Crippen molar-refractivity contribution in [2.45, 2.75) is 0 Å². The van der Waals surface area contributed by atoms with E-state index in [9.17, 15) is 4.79 Å². The summed E-state index contributed by atoms with van der Waals surface area (Å²) in [5.41, 5.74) is 4.18. The summed E-state index contributed by atoms with van der Waals surface area (Å²) in [4.78, 5) is 16.6. The first-order valence-electron chi connectivity index (χ1n) is 8.25. The maximum Gasteiger partial charge on any atom is 0.341 e. The van der Waals surface area contributed by atoms with Gasteiger partial charge in [-0.3, -0.25) is 5.32 Å². The number of fused-ring (bicyclic) bond motifs is 3. The number of nitrogens with zero attached hydrogens (tertiary/aromatic N) is 2. The molecule has 7 heteroatoms. The number of anilines is 1. The standard InChI is InChI=1S/C20H16N4O2S/c1-26-15-9-6-13(7-10-15)12-21-24-19(25)23-20-22-18-16-5-3-2-4-14(16)8-11-17(18)27-20/h2-12H,1H3,(H2,22,23,24,25)/b21-12+. The largest absolute Gasteiger partial charge is 0.497 e. The molecule has 0 saturated heterocycles. The van der Waals surface area contributed by atoms with Gasteiger partial charge in [0, 0.05) is 5.39 Å². The topological polar surface area (TPSA) is 75.6 Å². The number of hydrogen-bond donors (Lipinski definition) is 2. The Morgan fingerprint density at radius 2 is 1.93 bits per heavy atom. The van der Waals surface area contributed by atoms with Gasteiger partial charge in [-0.1, -0.05) is 41.7 Å². The van der Waals surface area contributed by atoms with Crippen LogP contribution in [0.15, 0.2) is 65.8 Å². The lowest BCUT2D eigenvalue weighted by Crippen LogP contribution is -2.24. The van der Waals surface area contributed by atoms with E-state index in [2.05, 4.69) is 26.9 Å². The predicted molar refractivity (Wildman–Crippen MR) is 110 cm³/mol. The van der Waals surface area contributed by atoms with Gasteiger partial charge in [0.15, 0.2) is 5.13 Å². The summed E-state index contributed by atoms with van der Waals surface area (Å²) in [6.07, 6.45) is 1.56. The normalized spacial score (nSPS) is 11.1. The van der Waals surface area contributed by atoms with E-state index < -0.39 is 6.03 Å². The molecule has 134 valence electrons. The van der Waals surface area contributed by atoms with E-state index in [0.717, 1.165) is 32.3 Å². The molecule has 1 heterocycles. The third kappa shape index (κ3) is 3.73. The van der Waals surface area contributed by atoms with Crippen LogP contribution in [0.25, 0.3) is 21.0 Å². The van der Waals surface area contributed by atoms with Crippen molar-refractivity contribution in [2.24, 2.45) is 5.10 Å². The van der Waals surface area contributed by atoms with E-state index in [1.165, 1.54) is 11.3 Å². The molecule has 0 aliphatic carbocycles. The van der Waals surface area contributed by atoms with E-state index in [4.69, 9.17) is 4.74 Å². The Labute approximate surface area is 159 Å². The zero-order chi connectivity index (χ0) is 18.6. The molecule has 4 aromatic rings. The molecular weight excluding hydrogens is 360 g/mol. The molecule has 0 radical (unpaired) electrons. The molecule has 0 unspecified atom stereocenters. The number of nitrogens with one attached hydrogen (secondary N) is 2. The van der Waals surface area contributed by atoms with Gasteiger partial charge in [-0.05, 0) is 41.3 Å². The van der Waals surface area contributed by atoms with E-state index in [0.29, 0.717) is 5.13 Å². The molecule has 27 heavy (non-hydrogen) atoms. The fourth-order valence-corrected chi connectivity index (χ4v) is 3.57. The Morgan fingerprint density at radius 1 is 1.11 bits per heavy atom. The second kappa shape index (κ2) is 7.43. The van der Waals surface area contributed by atoms with Crippen molar-refractivity contribution < 1.29 is 9.53 Å². The molecule has 0 bridgehead atoms. The first-order valence-corrected chi connectivity index (χ1v) is 9.07. The minimum Gasteiger partial charge on any atom is -0.497 e. The van der Waals surface area contributed by atoms with Crippen LogP contribution >= 0.6 is 11.3 Å². The van der Waals surface area contributed by atoms with Crippen molar-refractivity contribution in [1.29, 1.82) is 0 Å². The van der Waals surface area contributed by atoms with Crippen LogP contribution in [-0.2, 0) is 0 Å². The zero-order valence-corrected chi connectivity index (χ0v) is 15.3. The molecule has 2 N–H and O–H groups in total. The Bertz CT molecular complexity index is 1140. The lowest BCUT2D eigenvalue weighted by Gasteiger charge is -2.00. The fourth-order valence-electron chi connectivity index (χ4n) is 2.70. The SMILES string of the molecule is COc1ccc(/C=N/NC(=O)Nc2nc3c(ccc4ccccc43)s2)cc1. The summed E-state index contributed by atoms with van der Waals surface area (Å²) in [5.74, 6) is 0.765. The lowest BCUT2D eigenvalue weighted by atomic mass is 10.1. The molecule has 0 saturated carbocycles. The van der Waals surface area contributed by atoms with Gasteiger partial charge in [-0.15, -0.1) is 0 Å². The van der Waals surface area contributed by atoms with Crippen LogP contribution in [0.4, 0.5) is 9.93 Å². The van der Waals surface area contributed by atoms with Crippen molar-refractivity contribution >= 4 is 49.7 Å². The van der Waals surface area contributed by atoms with E-state index in [-0.39, 0.29) is 0 Å². The summed E-state index contributed by atoms with van der Waals surface area (Å²) in [6, 6.07) is 19.0. The summed E-state index contributed by atoms with van der Waals surface area (Å²) in [5, 5.41) is 9.38. The molecule has 1 aromatic heterocycles. The van der Waals surface area contributed by atoms with E-state index in [1.54, 1.807) is 13.3 Å². The van der Waals surface area contributed by atoms with Crippen molar-refractivity contribution in [2.75, 3.05) is 12.4 Å². The van der Waals surface area contributed by atoms with E-state index in [1.807, 2.05) is 54.6 Å². The van der Waals surface area contributed by atoms with Gasteiger partial charge in [-0.2, -0.15) is 5.10 Å². The van der Waals surface area contributed by atoms with Gasteiger partial charge in [-0.25, -0.2) is 15.2 Å². The maximum atomic E-state index is 12.1. The van der Waals surface area contributed by atoms with Gasteiger partial charge >= 0.3 is 6.03 Å². The number of thiazole rings is 1. The summed E-state index contributed by atoms with van der Waals surface area (Å²) < 4.78 is 6.12. The quantitative estimate of drug-likeness (QED) is 0.403. The van der Waals surface area contributed by atoms with Crippen LogP contribution in [0.2, 0.25) is 0 Å². The number of methoxy groups -OCH3 is 1. The maximum absolute atomic E-state index is 12.1. The highest BCUT2D eigenvalue weighted by atomic mass is 32.1. The third-order valence-electron chi connectivity index (χ3n) is 4.00. The number of amides is 2. The first kappa shape index (κ1) is 17.0. The molecule has 0 aliphatic rings. The van der Waals surface area contributed by atoms with Gasteiger partial charge in [0.2, 0.25) is 0 Å². The van der Waals surface area contributed by atoms with Gasteiger partial charge in [0.05, 0.1) is 23.5 Å². The Kier molecular flexibility index (Phi) is 4.67. The van der Waals surface area contributed by atoms with Crippen molar-refractivity contribution in [3.63, 3.8) is 0 Å². The van der Waals surface area contributed by atoms with E-state index >= 15 is 0 Å². The molecule has 6 nitrogen and oxygen atoms in total. The molecule has 4 rings (SSSR count). The zero-order valence-electron chi connectivity index (χ0n) is 14.5. The number of ether oxygens (including phenoxy) is 1. The Balaban J connectivity index is 1.44. The van der Waals surface area contributed by atoms with Crippen LogP contribution < -0.4 is 15.5 Å². The van der Waals surface area contributed by atoms with Gasteiger partial charge < -0.3 is 4.74 Å². The number of carbonyl (C=O) groups excluding carboxylic acids is 1. The minimum atomic E-state index is -0.442. The predicted octanol–water partition coefficient (Wildman–Crippen LogP) is 4.61. The van der Waals surface area contributed by atoms with Crippen LogP contribution in [0, 0.1) is 0 Å². The smallest absolute Gasteiger partial charge is 0.341 e. The number of hydrazone groups is 1. The molecule has 0 fully saturated rings. The lowest BCUT2D eigenvalue weighted by molar-refractivity contribution is 0.252. The fraction of sp³-hybridized carbons (Fsp3) is 0.0500. The average Bonchev–Trinajstić information content (AvgIpc) is 3.11. The second-order valence-electron chi connectivity index (χ2n) is 5.75. The van der Waals surface area contributed by atoms with Crippen molar-refractivity contribution in [1.82, 2.24) is 10.4 Å². The van der Waals surface area contributed by atoms with Crippen molar-refractivity contribution in [3.8, 4) is 5.75 Å². The second-order valence-corrected chi connectivity index (χ2v) is 6.78. The van der Waals surface area contributed by atoms with Crippen LogP contribution in [0.3, 0.4) is 0 Å². The number of carbonyl (C=O) groups is 1. The highest BCUT2D eigenvalue weighted by molar-refractivity contribution is 7.22. The average molecular weight is 376 g/mol. The molecule has 3 aromatic carbocycles.